The highest BCUT2D eigenvalue weighted by molar-refractivity contribution is 5.92. The third-order valence-electron chi connectivity index (χ3n) is 7.21. The van der Waals surface area contributed by atoms with Crippen molar-refractivity contribution in [3.63, 3.8) is 0 Å². The van der Waals surface area contributed by atoms with Gasteiger partial charge in [0.2, 0.25) is 5.91 Å². The Labute approximate surface area is 212 Å². The van der Waals surface area contributed by atoms with Crippen molar-refractivity contribution in [2.75, 3.05) is 24.5 Å². The van der Waals surface area contributed by atoms with E-state index in [2.05, 4.69) is 82.8 Å². The Hall–Kier alpha value is -3.74. The van der Waals surface area contributed by atoms with Crippen LogP contribution in [0.4, 0.5) is 5.82 Å². The molecular weight excluding hydrogens is 448 g/mol. The molecule has 186 valence electrons. The molecule has 0 aliphatic carbocycles. The zero-order valence-electron chi connectivity index (χ0n) is 21.4. The molecule has 0 atom stereocenters. The van der Waals surface area contributed by atoms with Crippen molar-refractivity contribution in [2.45, 2.75) is 46.5 Å². The summed E-state index contributed by atoms with van der Waals surface area (Å²) in [7, 11) is 0. The van der Waals surface area contributed by atoms with Crippen LogP contribution in [0.2, 0.25) is 0 Å². The summed E-state index contributed by atoms with van der Waals surface area (Å²) in [4.78, 5) is 15.0. The van der Waals surface area contributed by atoms with Gasteiger partial charge in [0.05, 0.1) is 22.5 Å². The predicted octanol–water partition coefficient (Wildman–Crippen LogP) is 4.71. The van der Waals surface area contributed by atoms with E-state index >= 15 is 0 Å². The summed E-state index contributed by atoms with van der Waals surface area (Å²) in [5.74, 6) is 1.02. The Bertz CT molecular complexity index is 1340. The van der Waals surface area contributed by atoms with Gasteiger partial charge in [-0.25, -0.2) is 4.68 Å². The topological polar surface area (TPSA) is 75.9 Å². The SMILES string of the molecule is Cc1ccc(-n2nc3c(N4CCC(C(=O)NCCCc5ccccc5)CC4)nnc(C)c3c2C)cc1. The standard InChI is InChI=1S/C29H34N6O/c1-20-11-13-25(14-12-20)35-22(3)26-21(2)31-32-28(27(26)33-35)34-18-15-24(16-19-34)29(36)30-17-7-10-23-8-5-4-6-9-23/h4-6,8-9,11-14,24H,7,10,15-19H2,1-3H3,(H,30,36). The number of fused-ring (bicyclic) bond motifs is 1. The zero-order chi connectivity index (χ0) is 25.1. The van der Waals surface area contributed by atoms with Gasteiger partial charge < -0.3 is 10.2 Å². The van der Waals surface area contributed by atoms with Crippen molar-refractivity contribution in [1.82, 2.24) is 25.3 Å². The van der Waals surface area contributed by atoms with Gasteiger partial charge >= 0.3 is 0 Å². The third-order valence-corrected chi connectivity index (χ3v) is 7.21. The monoisotopic (exact) mass is 482 g/mol. The molecule has 1 fully saturated rings. The van der Waals surface area contributed by atoms with E-state index in [-0.39, 0.29) is 11.8 Å². The van der Waals surface area contributed by atoms with Crippen LogP contribution in [0.3, 0.4) is 0 Å². The fraction of sp³-hybridized carbons (Fsp3) is 0.379. The first-order valence-electron chi connectivity index (χ1n) is 12.9. The van der Waals surface area contributed by atoms with Crippen LogP contribution in [-0.2, 0) is 11.2 Å². The molecule has 7 nitrogen and oxygen atoms in total. The molecule has 0 radical (unpaired) electrons. The van der Waals surface area contributed by atoms with Crippen molar-refractivity contribution in [3.8, 4) is 5.69 Å². The summed E-state index contributed by atoms with van der Waals surface area (Å²) >= 11 is 0. The lowest BCUT2D eigenvalue weighted by Crippen LogP contribution is -2.41. The Kier molecular flexibility index (Phi) is 6.98. The number of rotatable bonds is 7. The van der Waals surface area contributed by atoms with Crippen LogP contribution in [0.25, 0.3) is 16.6 Å². The minimum absolute atomic E-state index is 0.0405. The predicted molar refractivity (Wildman–Crippen MR) is 144 cm³/mol. The highest BCUT2D eigenvalue weighted by atomic mass is 16.1. The van der Waals surface area contributed by atoms with Crippen molar-refractivity contribution in [3.05, 3.63) is 77.1 Å². The maximum absolute atomic E-state index is 12.8. The first-order chi connectivity index (χ1) is 17.5. The maximum Gasteiger partial charge on any atom is 0.223 e. The van der Waals surface area contributed by atoms with Crippen LogP contribution in [-0.4, -0.2) is 45.5 Å². The highest BCUT2D eigenvalue weighted by Crippen LogP contribution is 2.31. The number of carbonyl (C=O) groups excluding carboxylic acids is 1. The molecule has 1 amide bonds. The first-order valence-corrected chi connectivity index (χ1v) is 12.9. The van der Waals surface area contributed by atoms with E-state index < -0.39 is 0 Å². The number of hydrogen-bond donors (Lipinski definition) is 1. The largest absolute Gasteiger partial charge is 0.356 e. The Morgan fingerprint density at radius 2 is 1.69 bits per heavy atom. The van der Waals surface area contributed by atoms with Gasteiger partial charge in [-0.1, -0.05) is 48.0 Å². The number of aromatic nitrogens is 4. The number of amides is 1. The van der Waals surface area contributed by atoms with Crippen LogP contribution >= 0.6 is 0 Å². The molecule has 3 heterocycles. The number of anilines is 1. The summed E-state index contributed by atoms with van der Waals surface area (Å²) in [5.41, 5.74) is 6.38. The molecule has 2 aromatic heterocycles. The molecule has 0 unspecified atom stereocenters. The number of carbonyl (C=O) groups is 1. The molecule has 2 aromatic carbocycles. The van der Waals surface area contributed by atoms with Gasteiger partial charge in [0, 0.05) is 25.6 Å². The second-order valence-corrected chi connectivity index (χ2v) is 9.81. The van der Waals surface area contributed by atoms with Gasteiger partial charge in [0.1, 0.15) is 5.52 Å². The third kappa shape index (κ3) is 4.96. The molecule has 1 aliphatic heterocycles. The lowest BCUT2D eigenvalue weighted by molar-refractivity contribution is -0.125. The van der Waals surface area contributed by atoms with E-state index in [0.717, 1.165) is 72.6 Å². The number of piperidine rings is 1. The van der Waals surface area contributed by atoms with Crippen molar-refractivity contribution >= 4 is 22.6 Å². The minimum atomic E-state index is 0.0405. The lowest BCUT2D eigenvalue weighted by atomic mass is 9.95. The second kappa shape index (κ2) is 10.5. The molecule has 1 N–H and O–H groups in total. The van der Waals surface area contributed by atoms with Crippen LogP contribution in [0, 0.1) is 26.7 Å². The summed E-state index contributed by atoms with van der Waals surface area (Å²) in [6, 6.07) is 18.8. The number of nitrogens with one attached hydrogen (secondary N) is 1. The average Bonchev–Trinajstić information content (AvgIpc) is 3.26. The van der Waals surface area contributed by atoms with Gasteiger partial charge in [-0.15, -0.1) is 5.10 Å². The van der Waals surface area contributed by atoms with Gasteiger partial charge in [-0.3, -0.25) is 4.79 Å². The van der Waals surface area contributed by atoms with E-state index in [9.17, 15) is 4.79 Å². The summed E-state index contributed by atoms with van der Waals surface area (Å²) in [6.45, 7) is 8.41. The number of hydrogen-bond acceptors (Lipinski definition) is 5. The number of nitrogens with zero attached hydrogens (tertiary/aromatic N) is 5. The quantitative estimate of drug-likeness (QED) is 0.386. The van der Waals surface area contributed by atoms with E-state index in [1.165, 1.54) is 11.1 Å². The van der Waals surface area contributed by atoms with E-state index in [4.69, 9.17) is 5.10 Å². The fourth-order valence-corrected chi connectivity index (χ4v) is 5.11. The van der Waals surface area contributed by atoms with Gasteiger partial charge in [0.25, 0.3) is 0 Å². The van der Waals surface area contributed by atoms with Crippen molar-refractivity contribution in [1.29, 1.82) is 0 Å². The van der Waals surface area contributed by atoms with Gasteiger partial charge in [-0.05, 0) is 64.2 Å². The van der Waals surface area contributed by atoms with Crippen LogP contribution in [0.1, 0.15) is 41.8 Å². The first kappa shape index (κ1) is 24.0. The zero-order valence-corrected chi connectivity index (χ0v) is 21.4. The summed E-state index contributed by atoms with van der Waals surface area (Å²) in [6.07, 6.45) is 3.54. The molecule has 4 aromatic rings. The normalized spacial score (nSPS) is 14.4. The summed E-state index contributed by atoms with van der Waals surface area (Å²) < 4.78 is 1.99. The molecule has 1 saturated heterocycles. The molecular formula is C29H34N6O. The lowest BCUT2D eigenvalue weighted by Gasteiger charge is -2.32. The van der Waals surface area contributed by atoms with E-state index in [1.807, 2.05) is 17.7 Å². The Morgan fingerprint density at radius 3 is 2.42 bits per heavy atom. The molecule has 0 spiro atoms. The smallest absolute Gasteiger partial charge is 0.223 e. The maximum atomic E-state index is 12.8. The minimum Gasteiger partial charge on any atom is -0.356 e. The second-order valence-electron chi connectivity index (χ2n) is 9.81. The van der Waals surface area contributed by atoms with Gasteiger partial charge in [-0.2, -0.15) is 10.2 Å². The summed E-state index contributed by atoms with van der Waals surface area (Å²) in [5, 5.41) is 18.2. The molecule has 0 saturated carbocycles. The van der Waals surface area contributed by atoms with E-state index in [0.29, 0.717) is 6.54 Å². The van der Waals surface area contributed by atoms with Crippen LogP contribution in [0.5, 0.6) is 0 Å². The number of aryl methyl sites for hydroxylation is 4. The van der Waals surface area contributed by atoms with Crippen LogP contribution < -0.4 is 10.2 Å². The van der Waals surface area contributed by atoms with Gasteiger partial charge in [0.15, 0.2) is 5.82 Å². The number of benzene rings is 2. The molecule has 7 heteroatoms. The van der Waals surface area contributed by atoms with Crippen molar-refractivity contribution in [2.24, 2.45) is 5.92 Å². The Balaban J connectivity index is 1.24. The van der Waals surface area contributed by atoms with Crippen LogP contribution in [0.15, 0.2) is 54.6 Å². The average molecular weight is 483 g/mol. The molecule has 5 rings (SSSR count). The molecule has 1 aliphatic rings. The highest BCUT2D eigenvalue weighted by Gasteiger charge is 2.28. The fourth-order valence-electron chi connectivity index (χ4n) is 5.11. The van der Waals surface area contributed by atoms with E-state index in [1.54, 1.807) is 0 Å². The molecule has 0 bridgehead atoms. The Morgan fingerprint density at radius 1 is 0.972 bits per heavy atom. The van der Waals surface area contributed by atoms with Crippen molar-refractivity contribution < 1.29 is 4.79 Å². The molecule has 36 heavy (non-hydrogen) atoms.